The summed E-state index contributed by atoms with van der Waals surface area (Å²) in [6, 6.07) is 14.6. The highest BCUT2D eigenvalue weighted by Crippen LogP contribution is 2.27. The summed E-state index contributed by atoms with van der Waals surface area (Å²) in [5.41, 5.74) is 1.39. The number of nitrogens with one attached hydrogen (secondary N) is 1. The van der Waals surface area contributed by atoms with Crippen molar-refractivity contribution in [2.75, 3.05) is 51.3 Å². The molecule has 6 rings (SSSR count). The van der Waals surface area contributed by atoms with Crippen LogP contribution in [0.1, 0.15) is 18.7 Å². The Hall–Kier alpha value is -3.56. The van der Waals surface area contributed by atoms with Crippen molar-refractivity contribution in [3.8, 4) is 11.7 Å². The Labute approximate surface area is 209 Å². The summed E-state index contributed by atoms with van der Waals surface area (Å²) < 4.78 is 7.78. The lowest BCUT2D eigenvalue weighted by Crippen LogP contribution is -2.44. The lowest BCUT2D eigenvalue weighted by atomic mass is 10.1. The third-order valence-electron chi connectivity index (χ3n) is 7.35. The van der Waals surface area contributed by atoms with E-state index in [0.717, 1.165) is 62.0 Å². The van der Waals surface area contributed by atoms with Gasteiger partial charge in [-0.2, -0.15) is 9.97 Å². The van der Waals surface area contributed by atoms with Gasteiger partial charge >= 0.3 is 6.01 Å². The zero-order valence-electron chi connectivity index (χ0n) is 20.8. The zero-order chi connectivity index (χ0) is 24.6. The van der Waals surface area contributed by atoms with Crippen LogP contribution in [0.2, 0.25) is 0 Å². The molecule has 186 valence electrons. The standard InChI is InChI=1S/C27H31N7O2/c1-18-29-23-24(26(35)34(18)22-11-5-8-19-7-3-4-10-21(19)22)30-27(36-17-20-9-6-14-32(20)2)31-25(23)33-15-12-28-13-16-33/h3-5,7-8,10-11,20,28H,6,9,12-17H2,1-2H3/t20-/m0/s1. The molecule has 0 spiro atoms. The summed E-state index contributed by atoms with van der Waals surface area (Å²) in [5, 5.41) is 5.43. The molecule has 2 aliphatic rings. The van der Waals surface area contributed by atoms with E-state index in [0.29, 0.717) is 29.8 Å². The molecule has 2 fully saturated rings. The number of benzene rings is 2. The molecule has 1 N–H and O–H groups in total. The number of likely N-dealkylation sites (N-methyl/N-ethyl adjacent to an activating group) is 1. The fourth-order valence-electron chi connectivity index (χ4n) is 5.35. The molecule has 0 radical (unpaired) electrons. The molecule has 36 heavy (non-hydrogen) atoms. The van der Waals surface area contributed by atoms with E-state index in [9.17, 15) is 4.79 Å². The van der Waals surface area contributed by atoms with Crippen molar-refractivity contribution in [2.45, 2.75) is 25.8 Å². The summed E-state index contributed by atoms with van der Waals surface area (Å²) in [6.45, 7) is 6.69. The summed E-state index contributed by atoms with van der Waals surface area (Å²) in [7, 11) is 2.12. The van der Waals surface area contributed by atoms with Crippen molar-refractivity contribution < 1.29 is 4.74 Å². The van der Waals surface area contributed by atoms with Crippen LogP contribution in [-0.2, 0) is 0 Å². The van der Waals surface area contributed by atoms with E-state index in [-0.39, 0.29) is 17.1 Å². The van der Waals surface area contributed by atoms with Gasteiger partial charge in [0.15, 0.2) is 11.3 Å². The second-order valence-corrected chi connectivity index (χ2v) is 9.65. The third kappa shape index (κ3) is 4.08. The number of nitrogens with zero attached hydrogens (tertiary/aromatic N) is 6. The average molecular weight is 486 g/mol. The van der Waals surface area contributed by atoms with Crippen LogP contribution in [-0.4, -0.2) is 76.8 Å². The molecule has 0 unspecified atom stereocenters. The van der Waals surface area contributed by atoms with E-state index >= 15 is 0 Å². The summed E-state index contributed by atoms with van der Waals surface area (Å²) in [6.07, 6.45) is 2.25. The fourth-order valence-corrected chi connectivity index (χ4v) is 5.35. The third-order valence-corrected chi connectivity index (χ3v) is 7.35. The molecule has 0 aliphatic carbocycles. The first-order chi connectivity index (χ1) is 17.6. The summed E-state index contributed by atoms with van der Waals surface area (Å²) in [4.78, 5) is 32.8. The monoisotopic (exact) mass is 485 g/mol. The predicted octanol–water partition coefficient (Wildman–Crippen LogP) is 2.52. The normalized spacial score (nSPS) is 18.8. The first-order valence-electron chi connectivity index (χ1n) is 12.7. The van der Waals surface area contributed by atoms with Crippen molar-refractivity contribution in [3.63, 3.8) is 0 Å². The molecule has 0 bridgehead atoms. The van der Waals surface area contributed by atoms with Crippen LogP contribution < -0.4 is 20.5 Å². The number of piperazine rings is 1. The highest BCUT2D eigenvalue weighted by atomic mass is 16.5. The van der Waals surface area contributed by atoms with Crippen molar-refractivity contribution in [1.82, 2.24) is 29.7 Å². The van der Waals surface area contributed by atoms with E-state index in [1.807, 2.05) is 49.4 Å². The van der Waals surface area contributed by atoms with Gasteiger partial charge in [0.2, 0.25) is 0 Å². The Morgan fingerprint density at radius 1 is 1.00 bits per heavy atom. The number of fused-ring (bicyclic) bond motifs is 2. The van der Waals surface area contributed by atoms with E-state index in [1.54, 1.807) is 4.57 Å². The number of hydrogen-bond acceptors (Lipinski definition) is 8. The maximum absolute atomic E-state index is 14.0. The zero-order valence-corrected chi connectivity index (χ0v) is 20.8. The molecule has 2 aromatic heterocycles. The van der Waals surface area contributed by atoms with Gasteiger partial charge in [-0.3, -0.25) is 9.36 Å². The van der Waals surface area contributed by atoms with Crippen molar-refractivity contribution in [2.24, 2.45) is 0 Å². The van der Waals surface area contributed by atoms with Crippen LogP contribution in [0.25, 0.3) is 27.5 Å². The minimum atomic E-state index is -0.213. The second-order valence-electron chi connectivity index (χ2n) is 9.65. The maximum Gasteiger partial charge on any atom is 0.319 e. The lowest BCUT2D eigenvalue weighted by Gasteiger charge is -2.29. The summed E-state index contributed by atoms with van der Waals surface area (Å²) in [5.74, 6) is 1.27. The molecular weight excluding hydrogens is 454 g/mol. The second kappa shape index (κ2) is 9.48. The smallest absolute Gasteiger partial charge is 0.319 e. The van der Waals surface area contributed by atoms with E-state index < -0.39 is 0 Å². The quantitative estimate of drug-likeness (QED) is 0.461. The molecular formula is C27H31N7O2. The van der Waals surface area contributed by atoms with Gasteiger partial charge in [0.1, 0.15) is 17.9 Å². The Bertz CT molecular complexity index is 1470. The number of rotatable bonds is 5. The lowest BCUT2D eigenvalue weighted by molar-refractivity contribution is 0.188. The van der Waals surface area contributed by atoms with E-state index in [4.69, 9.17) is 14.7 Å². The number of anilines is 1. The minimum Gasteiger partial charge on any atom is -0.462 e. The molecule has 0 saturated carbocycles. The van der Waals surface area contributed by atoms with Crippen LogP contribution >= 0.6 is 0 Å². The Balaban J connectivity index is 1.51. The Morgan fingerprint density at radius 2 is 1.81 bits per heavy atom. The molecule has 1 atom stereocenters. The van der Waals surface area contributed by atoms with Gasteiger partial charge in [-0.05, 0) is 44.8 Å². The molecule has 0 amide bonds. The maximum atomic E-state index is 14.0. The minimum absolute atomic E-state index is 0.213. The first kappa shape index (κ1) is 22.9. The molecule has 4 heterocycles. The van der Waals surface area contributed by atoms with E-state index in [1.165, 1.54) is 0 Å². The molecule has 2 saturated heterocycles. The number of likely N-dealkylation sites (tertiary alicyclic amines) is 1. The Morgan fingerprint density at radius 3 is 2.61 bits per heavy atom. The number of hydrogen-bond donors (Lipinski definition) is 1. The van der Waals surface area contributed by atoms with Gasteiger partial charge in [-0.15, -0.1) is 0 Å². The SMILES string of the molecule is Cc1nc2c(N3CCNCC3)nc(OC[C@@H]3CCCN3C)nc2c(=O)n1-c1cccc2ccccc12. The predicted molar refractivity (Wildman–Crippen MR) is 141 cm³/mol. The largest absolute Gasteiger partial charge is 0.462 e. The Kier molecular flexibility index (Phi) is 6.02. The topological polar surface area (TPSA) is 88.4 Å². The van der Waals surface area contributed by atoms with Crippen LogP contribution in [0.4, 0.5) is 5.82 Å². The van der Waals surface area contributed by atoms with Crippen LogP contribution in [0, 0.1) is 6.92 Å². The highest BCUT2D eigenvalue weighted by Gasteiger charge is 2.25. The molecule has 4 aromatic rings. The number of aryl methyl sites for hydroxylation is 1. The van der Waals surface area contributed by atoms with Crippen LogP contribution in [0.15, 0.2) is 47.3 Å². The van der Waals surface area contributed by atoms with Gasteiger partial charge < -0.3 is 19.9 Å². The van der Waals surface area contributed by atoms with Gasteiger partial charge in [0.05, 0.1) is 5.69 Å². The molecule has 2 aromatic carbocycles. The first-order valence-corrected chi connectivity index (χ1v) is 12.7. The van der Waals surface area contributed by atoms with Crippen LogP contribution in [0.3, 0.4) is 0 Å². The fraction of sp³-hybridized carbons (Fsp3) is 0.407. The summed E-state index contributed by atoms with van der Waals surface area (Å²) >= 11 is 0. The van der Waals surface area contributed by atoms with Crippen molar-refractivity contribution >= 4 is 27.6 Å². The molecule has 2 aliphatic heterocycles. The van der Waals surface area contributed by atoms with Gasteiger partial charge in [-0.1, -0.05) is 36.4 Å². The van der Waals surface area contributed by atoms with Gasteiger partial charge in [0.25, 0.3) is 5.56 Å². The highest BCUT2D eigenvalue weighted by molar-refractivity contribution is 5.91. The van der Waals surface area contributed by atoms with Crippen LogP contribution in [0.5, 0.6) is 6.01 Å². The molecule has 9 nitrogen and oxygen atoms in total. The number of ether oxygens (including phenoxy) is 1. The van der Waals surface area contributed by atoms with Crippen molar-refractivity contribution in [3.05, 3.63) is 58.6 Å². The van der Waals surface area contributed by atoms with Gasteiger partial charge in [0, 0.05) is 37.6 Å². The van der Waals surface area contributed by atoms with E-state index in [2.05, 4.69) is 27.1 Å². The van der Waals surface area contributed by atoms with Gasteiger partial charge in [-0.25, -0.2) is 4.98 Å². The average Bonchev–Trinajstić information content (AvgIpc) is 3.32. The van der Waals surface area contributed by atoms with Crippen molar-refractivity contribution in [1.29, 1.82) is 0 Å². The number of aromatic nitrogens is 4. The molecule has 9 heteroatoms.